The van der Waals surface area contributed by atoms with Crippen molar-refractivity contribution < 1.29 is 19.4 Å². The Hall–Kier alpha value is -1.45. The second kappa shape index (κ2) is 2.65. The number of carboxylic acid groups (broad SMARTS) is 1. The van der Waals surface area contributed by atoms with E-state index in [0.717, 1.165) is 0 Å². The van der Waals surface area contributed by atoms with E-state index >= 15 is 0 Å². The van der Waals surface area contributed by atoms with Crippen LogP contribution in [0.1, 0.15) is 23.0 Å². The molecular weight excluding hydrogens is 148 g/mol. The van der Waals surface area contributed by atoms with Gasteiger partial charge >= 0.3 is 5.97 Å². The van der Waals surface area contributed by atoms with E-state index in [4.69, 9.17) is 10.2 Å². The fraction of sp³-hybridized carbons (Fsp3) is 0.286. The fourth-order valence-electron chi connectivity index (χ4n) is 0.858. The van der Waals surface area contributed by atoms with Gasteiger partial charge in [-0.25, -0.2) is 4.79 Å². The first kappa shape index (κ1) is 7.65. The first-order valence-corrected chi connectivity index (χ1v) is 3.20. The Balaban J connectivity index is 3.12. The summed E-state index contributed by atoms with van der Waals surface area (Å²) in [6.07, 6.45) is 0.533. The van der Waals surface area contributed by atoms with E-state index in [2.05, 4.69) is 4.42 Å². The topological polar surface area (TPSA) is 70.7 Å². The summed E-state index contributed by atoms with van der Waals surface area (Å²) >= 11 is 0. The Morgan fingerprint density at radius 1 is 1.73 bits per heavy atom. The maximum Gasteiger partial charge on any atom is 0.372 e. The van der Waals surface area contributed by atoms with Gasteiger partial charge in [0.1, 0.15) is 0 Å². The summed E-state index contributed by atoms with van der Waals surface area (Å²) in [7, 11) is 0. The van der Waals surface area contributed by atoms with E-state index in [9.17, 15) is 4.79 Å². The molecule has 4 heteroatoms. The van der Waals surface area contributed by atoms with Crippen LogP contribution in [0.15, 0.2) is 10.5 Å². The molecule has 60 valence electrons. The molecule has 0 aromatic carbocycles. The third-order valence-electron chi connectivity index (χ3n) is 1.37. The van der Waals surface area contributed by atoms with Crippen LogP contribution in [-0.2, 0) is 6.42 Å². The van der Waals surface area contributed by atoms with Crippen LogP contribution in [0, 0.1) is 0 Å². The zero-order valence-corrected chi connectivity index (χ0v) is 6.00. The molecule has 1 rings (SSSR count). The molecule has 0 amide bonds. The lowest BCUT2D eigenvalue weighted by molar-refractivity contribution is 0.0654. The maximum atomic E-state index is 10.4. The minimum Gasteiger partial charge on any atom is -0.481 e. The van der Waals surface area contributed by atoms with E-state index in [0.29, 0.717) is 12.0 Å². The molecule has 0 spiro atoms. The van der Waals surface area contributed by atoms with Crippen molar-refractivity contribution in [2.24, 2.45) is 0 Å². The quantitative estimate of drug-likeness (QED) is 0.675. The van der Waals surface area contributed by atoms with Gasteiger partial charge in [0, 0.05) is 11.6 Å². The van der Waals surface area contributed by atoms with Crippen LogP contribution in [0.2, 0.25) is 0 Å². The zero-order chi connectivity index (χ0) is 8.43. The van der Waals surface area contributed by atoms with Gasteiger partial charge in [-0.05, 0) is 6.42 Å². The van der Waals surface area contributed by atoms with Crippen LogP contribution in [0.3, 0.4) is 0 Å². The summed E-state index contributed by atoms with van der Waals surface area (Å²) in [5.41, 5.74) is 0.509. The number of hydrogen-bond donors (Lipinski definition) is 2. The molecule has 0 fully saturated rings. The zero-order valence-electron chi connectivity index (χ0n) is 6.00. The number of carboxylic acids is 1. The van der Waals surface area contributed by atoms with Crippen LogP contribution < -0.4 is 0 Å². The molecule has 11 heavy (non-hydrogen) atoms. The Bertz CT molecular complexity index is 274. The highest BCUT2D eigenvalue weighted by atomic mass is 16.5. The van der Waals surface area contributed by atoms with Gasteiger partial charge < -0.3 is 14.6 Å². The number of rotatable bonds is 2. The summed E-state index contributed by atoms with van der Waals surface area (Å²) < 4.78 is 4.52. The predicted molar refractivity (Wildman–Crippen MR) is 36.7 cm³/mol. The van der Waals surface area contributed by atoms with Crippen LogP contribution in [0.25, 0.3) is 0 Å². The molecule has 1 aromatic rings. The Kier molecular flexibility index (Phi) is 1.85. The van der Waals surface area contributed by atoms with Gasteiger partial charge in [-0.1, -0.05) is 6.92 Å². The SMILES string of the molecule is CCc1cc(O)oc1C(=O)O. The lowest BCUT2D eigenvalue weighted by Gasteiger charge is -1.89. The van der Waals surface area contributed by atoms with Crippen molar-refractivity contribution >= 4 is 5.97 Å². The molecule has 4 nitrogen and oxygen atoms in total. The molecule has 0 saturated heterocycles. The second-order valence-electron chi connectivity index (χ2n) is 2.10. The molecule has 0 unspecified atom stereocenters. The van der Waals surface area contributed by atoms with Crippen molar-refractivity contribution in [3.8, 4) is 5.95 Å². The number of hydrogen-bond acceptors (Lipinski definition) is 3. The monoisotopic (exact) mass is 156 g/mol. The first-order valence-electron chi connectivity index (χ1n) is 3.20. The summed E-state index contributed by atoms with van der Waals surface area (Å²) in [5, 5.41) is 17.3. The smallest absolute Gasteiger partial charge is 0.372 e. The van der Waals surface area contributed by atoms with E-state index in [1.54, 1.807) is 6.92 Å². The average molecular weight is 156 g/mol. The van der Waals surface area contributed by atoms with Crippen LogP contribution in [0.4, 0.5) is 0 Å². The van der Waals surface area contributed by atoms with Crippen molar-refractivity contribution in [1.29, 1.82) is 0 Å². The predicted octanol–water partition coefficient (Wildman–Crippen LogP) is 1.25. The molecule has 0 bridgehead atoms. The second-order valence-corrected chi connectivity index (χ2v) is 2.10. The minimum absolute atomic E-state index is 0.176. The molecule has 1 aromatic heterocycles. The van der Waals surface area contributed by atoms with Crippen molar-refractivity contribution in [2.45, 2.75) is 13.3 Å². The number of aryl methyl sites for hydroxylation is 1. The van der Waals surface area contributed by atoms with Crippen molar-refractivity contribution in [3.63, 3.8) is 0 Å². The molecule has 0 aliphatic carbocycles. The number of carbonyl (C=O) groups is 1. The molecule has 0 saturated carbocycles. The molecule has 1 heterocycles. The van der Waals surface area contributed by atoms with Crippen LogP contribution >= 0.6 is 0 Å². The summed E-state index contributed by atoms with van der Waals surface area (Å²) in [5.74, 6) is -1.67. The van der Waals surface area contributed by atoms with E-state index in [1.165, 1.54) is 6.07 Å². The van der Waals surface area contributed by atoms with Gasteiger partial charge in [-0.3, -0.25) is 0 Å². The lowest BCUT2D eigenvalue weighted by Crippen LogP contribution is -1.97. The number of aromatic carboxylic acids is 1. The average Bonchev–Trinajstić information content (AvgIpc) is 2.30. The molecule has 0 aliphatic rings. The standard InChI is InChI=1S/C7H8O4/c1-2-4-3-5(8)11-6(4)7(9)10/h3,8H,2H2,1H3,(H,9,10). The van der Waals surface area contributed by atoms with Gasteiger partial charge in [0.2, 0.25) is 5.76 Å². The summed E-state index contributed by atoms with van der Waals surface area (Å²) in [6.45, 7) is 1.79. The molecule has 0 atom stereocenters. The maximum absolute atomic E-state index is 10.4. The van der Waals surface area contributed by atoms with Gasteiger partial charge in [-0.15, -0.1) is 0 Å². The Morgan fingerprint density at radius 3 is 2.73 bits per heavy atom. The summed E-state index contributed by atoms with van der Waals surface area (Å²) in [4.78, 5) is 10.4. The fourth-order valence-corrected chi connectivity index (χ4v) is 0.858. The van der Waals surface area contributed by atoms with Crippen LogP contribution in [0.5, 0.6) is 5.95 Å². The molecule has 0 aliphatic heterocycles. The molecule has 0 radical (unpaired) electrons. The van der Waals surface area contributed by atoms with Gasteiger partial charge in [0.05, 0.1) is 0 Å². The van der Waals surface area contributed by atoms with Crippen molar-refractivity contribution in [3.05, 3.63) is 17.4 Å². The highest BCUT2D eigenvalue weighted by Gasteiger charge is 2.15. The van der Waals surface area contributed by atoms with E-state index < -0.39 is 5.97 Å². The van der Waals surface area contributed by atoms with E-state index in [1.807, 2.05) is 0 Å². The number of furan rings is 1. The summed E-state index contributed by atoms with van der Waals surface area (Å²) in [6, 6.07) is 1.31. The number of aromatic hydroxyl groups is 1. The van der Waals surface area contributed by atoms with Gasteiger partial charge in [0.25, 0.3) is 5.95 Å². The van der Waals surface area contributed by atoms with E-state index in [-0.39, 0.29) is 11.7 Å². The van der Waals surface area contributed by atoms with Crippen molar-refractivity contribution in [2.75, 3.05) is 0 Å². The van der Waals surface area contributed by atoms with Gasteiger partial charge in [-0.2, -0.15) is 0 Å². The largest absolute Gasteiger partial charge is 0.481 e. The Morgan fingerprint density at radius 2 is 2.36 bits per heavy atom. The third kappa shape index (κ3) is 1.34. The van der Waals surface area contributed by atoms with Gasteiger partial charge in [0.15, 0.2) is 0 Å². The van der Waals surface area contributed by atoms with Crippen molar-refractivity contribution in [1.82, 2.24) is 0 Å². The molecule has 2 N–H and O–H groups in total. The highest BCUT2D eigenvalue weighted by Crippen LogP contribution is 2.20. The highest BCUT2D eigenvalue weighted by molar-refractivity contribution is 5.86. The first-order chi connectivity index (χ1) is 5.15. The minimum atomic E-state index is -1.15. The normalized spacial score (nSPS) is 9.91. The van der Waals surface area contributed by atoms with Crippen LogP contribution in [-0.4, -0.2) is 16.2 Å². The Labute approximate surface area is 63.1 Å². The lowest BCUT2D eigenvalue weighted by atomic mass is 10.2. The third-order valence-corrected chi connectivity index (χ3v) is 1.37. The molecular formula is C7H8O4.